The highest BCUT2D eigenvalue weighted by atomic mass is 35.5. The number of amides is 1. The molecule has 2 heterocycles. The molecule has 130 valence electrons. The van der Waals surface area contributed by atoms with Gasteiger partial charge in [-0.2, -0.15) is 5.26 Å². The lowest BCUT2D eigenvalue weighted by Crippen LogP contribution is -2.44. The Morgan fingerprint density at radius 3 is 2.64 bits per heavy atom. The number of benzene rings is 1. The van der Waals surface area contributed by atoms with Gasteiger partial charge in [0.25, 0.3) is 0 Å². The van der Waals surface area contributed by atoms with E-state index in [4.69, 9.17) is 21.4 Å². The number of carbonyl (C=O) groups excluding carboxylic acids is 1. The summed E-state index contributed by atoms with van der Waals surface area (Å²) in [6, 6.07) is 8.72. The summed E-state index contributed by atoms with van der Waals surface area (Å²) in [6.07, 6.45) is 0.438. The van der Waals surface area contributed by atoms with Gasteiger partial charge < -0.3 is 9.42 Å². The lowest BCUT2D eigenvalue weighted by Gasteiger charge is -2.36. The number of halogens is 2. The third kappa shape index (κ3) is 3.52. The third-order valence-corrected chi connectivity index (χ3v) is 4.89. The van der Waals surface area contributed by atoms with Gasteiger partial charge in [-0.25, -0.2) is 4.39 Å². The van der Waals surface area contributed by atoms with Crippen molar-refractivity contribution < 1.29 is 13.7 Å². The van der Waals surface area contributed by atoms with E-state index in [0.29, 0.717) is 40.7 Å². The van der Waals surface area contributed by atoms with Gasteiger partial charge in [0.2, 0.25) is 5.91 Å². The largest absolute Gasteiger partial charge is 0.360 e. The predicted octanol–water partition coefficient (Wildman–Crippen LogP) is 3.54. The molecule has 5 nitrogen and oxygen atoms in total. The number of aromatic nitrogens is 1. The zero-order chi connectivity index (χ0) is 18.0. The number of carbonyl (C=O) groups is 1. The van der Waals surface area contributed by atoms with Gasteiger partial charge >= 0.3 is 0 Å². The van der Waals surface area contributed by atoms with Crippen LogP contribution in [0, 0.1) is 18.3 Å². The first kappa shape index (κ1) is 17.4. The molecule has 3 rings (SSSR count). The van der Waals surface area contributed by atoms with Crippen LogP contribution in [0.5, 0.6) is 0 Å². The van der Waals surface area contributed by atoms with Gasteiger partial charge in [0, 0.05) is 31.0 Å². The Kier molecular flexibility index (Phi) is 4.78. The van der Waals surface area contributed by atoms with Crippen molar-refractivity contribution in [3.8, 4) is 6.07 Å². The predicted molar refractivity (Wildman–Crippen MR) is 89.7 cm³/mol. The molecule has 0 saturated carbocycles. The zero-order valence-corrected chi connectivity index (χ0v) is 14.5. The number of alkyl halides is 1. The lowest BCUT2D eigenvalue weighted by molar-refractivity contribution is -0.133. The molecule has 0 unspecified atom stereocenters. The van der Waals surface area contributed by atoms with E-state index in [1.165, 1.54) is 0 Å². The summed E-state index contributed by atoms with van der Waals surface area (Å²) in [5.41, 5.74) is -0.238. The number of piperidine rings is 1. The quantitative estimate of drug-likeness (QED) is 0.838. The van der Waals surface area contributed by atoms with Crippen LogP contribution in [-0.2, 0) is 16.9 Å². The highest BCUT2D eigenvalue weighted by molar-refractivity contribution is 6.30. The van der Waals surface area contributed by atoms with Gasteiger partial charge in [0.15, 0.2) is 5.76 Å². The number of aryl methyl sites for hydroxylation is 1. The van der Waals surface area contributed by atoms with Crippen molar-refractivity contribution in [2.45, 2.75) is 31.9 Å². The van der Waals surface area contributed by atoms with Crippen molar-refractivity contribution in [2.24, 2.45) is 0 Å². The van der Waals surface area contributed by atoms with Crippen molar-refractivity contribution in [1.29, 1.82) is 5.26 Å². The minimum absolute atomic E-state index is 0.0134. The first-order chi connectivity index (χ1) is 11.9. The van der Waals surface area contributed by atoms with Crippen LogP contribution in [0.25, 0.3) is 0 Å². The molecule has 0 bridgehead atoms. The Morgan fingerprint density at radius 1 is 1.40 bits per heavy atom. The molecule has 0 radical (unpaired) electrons. The van der Waals surface area contributed by atoms with Crippen molar-refractivity contribution in [2.75, 3.05) is 13.1 Å². The molecule has 1 fully saturated rings. The molecule has 1 aliphatic heterocycles. The highest BCUT2D eigenvalue weighted by Gasteiger charge is 2.37. The lowest BCUT2D eigenvalue weighted by atomic mass is 9.86. The van der Waals surface area contributed by atoms with Crippen molar-refractivity contribution in [3.63, 3.8) is 0 Å². The molecule has 25 heavy (non-hydrogen) atoms. The van der Waals surface area contributed by atoms with Gasteiger partial charge in [0.1, 0.15) is 23.0 Å². The zero-order valence-electron chi connectivity index (χ0n) is 13.8. The number of rotatable bonds is 3. The minimum atomic E-state index is -1.45. The Labute approximate surface area is 150 Å². The maximum absolute atomic E-state index is 15.2. The van der Waals surface area contributed by atoms with E-state index in [1.54, 1.807) is 36.1 Å². The number of hydrogen-bond donors (Lipinski definition) is 0. The van der Waals surface area contributed by atoms with E-state index in [0.717, 1.165) is 0 Å². The maximum atomic E-state index is 15.2. The summed E-state index contributed by atoms with van der Waals surface area (Å²) in [7, 11) is 0. The molecular formula is C18H17ClFN3O2. The van der Waals surface area contributed by atoms with Crippen LogP contribution in [0.15, 0.2) is 28.8 Å². The van der Waals surface area contributed by atoms with Crippen LogP contribution in [0.1, 0.15) is 35.4 Å². The summed E-state index contributed by atoms with van der Waals surface area (Å²) >= 11 is 5.85. The van der Waals surface area contributed by atoms with Crippen LogP contribution >= 0.6 is 11.6 Å². The standard InChI is InChI=1S/C18H17ClFN3O2/c1-12-15(11-21)16(22-25-12)10-17(24)23-8-6-18(20,7-9-23)13-2-4-14(19)5-3-13/h2-5H,6-10H2,1H3. The van der Waals surface area contributed by atoms with E-state index < -0.39 is 5.67 Å². The van der Waals surface area contributed by atoms with Gasteiger partial charge in [-0.05, 0) is 24.6 Å². The fraction of sp³-hybridized carbons (Fsp3) is 0.389. The molecule has 0 aliphatic carbocycles. The van der Waals surface area contributed by atoms with Crippen LogP contribution in [0.4, 0.5) is 4.39 Å². The summed E-state index contributed by atoms with van der Waals surface area (Å²) in [6.45, 7) is 2.26. The molecule has 0 N–H and O–H groups in total. The monoisotopic (exact) mass is 361 g/mol. The van der Waals surface area contributed by atoms with E-state index in [2.05, 4.69) is 5.16 Å². The van der Waals surface area contributed by atoms with E-state index >= 15 is 4.39 Å². The number of nitrogens with zero attached hydrogens (tertiary/aromatic N) is 3. The van der Waals surface area contributed by atoms with Crippen molar-refractivity contribution in [1.82, 2.24) is 10.1 Å². The summed E-state index contributed by atoms with van der Waals surface area (Å²) in [4.78, 5) is 14.0. The molecule has 1 aliphatic rings. The van der Waals surface area contributed by atoms with E-state index in [-0.39, 0.29) is 25.2 Å². The second-order valence-electron chi connectivity index (χ2n) is 6.20. The Hall–Kier alpha value is -2.39. The first-order valence-electron chi connectivity index (χ1n) is 8.01. The normalized spacial score (nSPS) is 16.5. The summed E-state index contributed by atoms with van der Waals surface area (Å²) in [5, 5.41) is 13.4. The van der Waals surface area contributed by atoms with Gasteiger partial charge in [0.05, 0.1) is 6.42 Å². The van der Waals surface area contributed by atoms with Gasteiger partial charge in [-0.15, -0.1) is 0 Å². The van der Waals surface area contributed by atoms with Gasteiger partial charge in [-0.3, -0.25) is 4.79 Å². The molecule has 1 aromatic heterocycles. The Bertz CT molecular complexity index is 818. The average molecular weight is 362 g/mol. The summed E-state index contributed by atoms with van der Waals surface area (Å²) in [5.74, 6) is 0.220. The second kappa shape index (κ2) is 6.85. The number of hydrogen-bond acceptors (Lipinski definition) is 4. The highest BCUT2D eigenvalue weighted by Crippen LogP contribution is 2.37. The topological polar surface area (TPSA) is 70.1 Å². The van der Waals surface area contributed by atoms with Crippen LogP contribution in [0.3, 0.4) is 0 Å². The molecule has 0 atom stereocenters. The van der Waals surface area contributed by atoms with Crippen LogP contribution in [-0.4, -0.2) is 29.1 Å². The smallest absolute Gasteiger partial charge is 0.228 e. The van der Waals surface area contributed by atoms with E-state index in [9.17, 15) is 4.79 Å². The Morgan fingerprint density at radius 2 is 2.04 bits per heavy atom. The Balaban J connectivity index is 1.64. The molecule has 2 aromatic rings. The molecule has 0 spiro atoms. The maximum Gasteiger partial charge on any atom is 0.228 e. The SMILES string of the molecule is Cc1onc(CC(=O)N2CCC(F)(c3ccc(Cl)cc3)CC2)c1C#N. The minimum Gasteiger partial charge on any atom is -0.360 e. The fourth-order valence-electron chi connectivity index (χ4n) is 3.08. The van der Waals surface area contributed by atoms with Crippen molar-refractivity contribution >= 4 is 17.5 Å². The second-order valence-corrected chi connectivity index (χ2v) is 6.64. The third-order valence-electron chi connectivity index (χ3n) is 4.63. The summed E-state index contributed by atoms with van der Waals surface area (Å²) < 4.78 is 20.1. The van der Waals surface area contributed by atoms with E-state index in [1.807, 2.05) is 6.07 Å². The fourth-order valence-corrected chi connectivity index (χ4v) is 3.21. The molecule has 7 heteroatoms. The number of likely N-dealkylation sites (tertiary alicyclic amines) is 1. The van der Waals surface area contributed by atoms with Gasteiger partial charge in [-0.1, -0.05) is 28.9 Å². The molecule has 1 saturated heterocycles. The van der Waals surface area contributed by atoms with Crippen molar-refractivity contribution in [3.05, 3.63) is 51.9 Å². The molecule has 1 amide bonds. The van der Waals surface area contributed by atoms with Crippen LogP contribution in [0.2, 0.25) is 5.02 Å². The first-order valence-corrected chi connectivity index (χ1v) is 8.39. The average Bonchev–Trinajstić information content (AvgIpc) is 2.95. The molecule has 1 aromatic carbocycles. The number of nitriles is 1. The molecular weight excluding hydrogens is 345 g/mol. The van der Waals surface area contributed by atoms with Crippen LogP contribution < -0.4 is 0 Å².